The molecule has 0 bridgehead atoms. The average Bonchev–Trinajstić information content (AvgIpc) is 3.68. The standard InChI is InChI=1S/C54H54N4O7S/c1-36(2)49(52(62)55-33-48(59)64-3)58-51(61)47(35-66-54(38-22-10-5-11-23-38,39-24-12-6-13-25-39)40-26-14-7-15-27-40)56-50(60)46(32-37-20-8-4-9-21-37)57-53(63)65-34-45-43-30-18-16-28-41(43)42-29-17-19-31-44(42)45/h4-31,36,45-47,49H,32-35H2,1-3H3,(H,55,62)(H,56,60)(H,57,63)(H,58,61). The van der Waals surface area contributed by atoms with E-state index >= 15 is 0 Å². The topological polar surface area (TPSA) is 152 Å². The number of carbonyl (C=O) groups excluding carboxylic acids is 5. The predicted molar refractivity (Wildman–Crippen MR) is 258 cm³/mol. The second-order valence-electron chi connectivity index (χ2n) is 16.4. The number of carbonyl (C=O) groups is 5. The number of fused-ring (bicyclic) bond motifs is 3. The Morgan fingerprint density at radius 1 is 0.576 bits per heavy atom. The van der Waals surface area contributed by atoms with Crippen LogP contribution in [0, 0.1) is 5.92 Å². The van der Waals surface area contributed by atoms with Crippen LogP contribution in [0.25, 0.3) is 11.1 Å². The number of hydrogen-bond acceptors (Lipinski definition) is 8. The van der Waals surface area contributed by atoms with E-state index in [0.29, 0.717) is 0 Å². The summed E-state index contributed by atoms with van der Waals surface area (Å²) in [6.07, 6.45) is -0.702. The van der Waals surface area contributed by atoms with Crippen molar-refractivity contribution in [3.63, 3.8) is 0 Å². The molecule has 0 heterocycles. The molecule has 4 amide bonds. The van der Waals surface area contributed by atoms with Gasteiger partial charge in [-0.1, -0.05) is 184 Å². The smallest absolute Gasteiger partial charge is 0.407 e. The number of ether oxygens (including phenoxy) is 2. The molecule has 3 unspecified atom stereocenters. The number of hydrogen-bond donors (Lipinski definition) is 4. The average molecular weight is 903 g/mol. The predicted octanol–water partition coefficient (Wildman–Crippen LogP) is 7.78. The molecule has 338 valence electrons. The Labute approximate surface area is 390 Å². The molecule has 3 atom stereocenters. The van der Waals surface area contributed by atoms with Gasteiger partial charge in [0.15, 0.2) is 0 Å². The maximum atomic E-state index is 14.8. The van der Waals surface area contributed by atoms with E-state index in [1.54, 1.807) is 13.8 Å². The van der Waals surface area contributed by atoms with E-state index in [0.717, 1.165) is 44.5 Å². The molecule has 1 aliphatic carbocycles. The van der Waals surface area contributed by atoms with Crippen LogP contribution in [0.15, 0.2) is 170 Å². The monoisotopic (exact) mass is 902 g/mol. The second kappa shape index (κ2) is 22.1. The molecule has 66 heavy (non-hydrogen) atoms. The Bertz CT molecular complexity index is 2450. The van der Waals surface area contributed by atoms with E-state index < -0.39 is 58.6 Å². The molecule has 0 saturated carbocycles. The lowest BCUT2D eigenvalue weighted by Crippen LogP contribution is -2.59. The first-order valence-corrected chi connectivity index (χ1v) is 23.0. The van der Waals surface area contributed by atoms with Gasteiger partial charge in [-0.3, -0.25) is 19.2 Å². The molecular formula is C54H54N4O7S. The molecule has 7 rings (SSSR count). The van der Waals surface area contributed by atoms with Gasteiger partial charge in [-0.05, 0) is 50.4 Å². The number of methoxy groups -OCH3 is 1. The number of benzene rings is 6. The Hall–Kier alpha value is -7.18. The van der Waals surface area contributed by atoms with Crippen molar-refractivity contribution in [1.29, 1.82) is 0 Å². The van der Waals surface area contributed by atoms with Crippen molar-refractivity contribution in [2.45, 2.75) is 49.1 Å². The van der Waals surface area contributed by atoms with E-state index in [9.17, 15) is 24.0 Å². The summed E-state index contributed by atoms with van der Waals surface area (Å²) in [4.78, 5) is 68.8. The summed E-state index contributed by atoms with van der Waals surface area (Å²) in [5.41, 5.74) is 7.87. The first-order valence-electron chi connectivity index (χ1n) is 22.0. The van der Waals surface area contributed by atoms with Gasteiger partial charge in [-0.2, -0.15) is 0 Å². The van der Waals surface area contributed by atoms with Crippen LogP contribution in [0.1, 0.15) is 53.1 Å². The van der Waals surface area contributed by atoms with Crippen LogP contribution in [0.5, 0.6) is 0 Å². The van der Waals surface area contributed by atoms with Crippen LogP contribution < -0.4 is 21.3 Å². The molecule has 0 fully saturated rings. The number of amides is 4. The molecule has 0 radical (unpaired) electrons. The van der Waals surface area contributed by atoms with Gasteiger partial charge >= 0.3 is 12.1 Å². The summed E-state index contributed by atoms with van der Waals surface area (Å²) in [5.74, 6) is -3.09. The Kier molecular flexibility index (Phi) is 15.7. The van der Waals surface area contributed by atoms with E-state index in [2.05, 4.69) is 33.4 Å². The van der Waals surface area contributed by atoms with Gasteiger partial charge < -0.3 is 30.7 Å². The fourth-order valence-corrected chi connectivity index (χ4v) is 9.96. The largest absolute Gasteiger partial charge is 0.468 e. The van der Waals surface area contributed by atoms with Gasteiger partial charge in [0.25, 0.3) is 0 Å². The number of nitrogens with one attached hydrogen (secondary N) is 4. The lowest BCUT2D eigenvalue weighted by atomic mass is 9.84. The normalized spacial score (nSPS) is 13.3. The van der Waals surface area contributed by atoms with Gasteiger partial charge in [0.05, 0.1) is 11.9 Å². The highest BCUT2D eigenvalue weighted by Crippen LogP contribution is 2.49. The number of rotatable bonds is 19. The Morgan fingerprint density at radius 3 is 1.55 bits per heavy atom. The fourth-order valence-electron chi connectivity index (χ4n) is 8.40. The number of esters is 1. The molecule has 0 saturated heterocycles. The van der Waals surface area contributed by atoms with Crippen molar-refractivity contribution in [1.82, 2.24) is 21.3 Å². The number of thioether (sulfide) groups is 1. The molecule has 0 spiro atoms. The first kappa shape index (κ1) is 46.8. The van der Waals surface area contributed by atoms with Crippen LogP contribution in [0.4, 0.5) is 4.79 Å². The van der Waals surface area contributed by atoms with Gasteiger partial charge in [0.1, 0.15) is 31.3 Å². The zero-order chi connectivity index (χ0) is 46.5. The van der Waals surface area contributed by atoms with E-state index in [-0.39, 0.29) is 31.2 Å². The Balaban J connectivity index is 1.20. The summed E-state index contributed by atoms with van der Waals surface area (Å²) in [7, 11) is 1.22. The van der Waals surface area contributed by atoms with Crippen molar-refractivity contribution in [3.05, 3.63) is 203 Å². The second-order valence-corrected chi connectivity index (χ2v) is 17.6. The van der Waals surface area contributed by atoms with Crippen molar-refractivity contribution in [3.8, 4) is 11.1 Å². The third-order valence-corrected chi connectivity index (χ3v) is 13.4. The summed E-state index contributed by atoms with van der Waals surface area (Å²) >= 11 is 1.46. The van der Waals surface area contributed by atoms with Gasteiger partial charge in [0, 0.05) is 18.1 Å². The molecule has 0 aliphatic heterocycles. The molecule has 6 aromatic rings. The molecule has 6 aromatic carbocycles. The van der Waals surface area contributed by atoms with E-state index in [4.69, 9.17) is 9.47 Å². The molecule has 0 aromatic heterocycles. The summed E-state index contributed by atoms with van der Waals surface area (Å²) in [6, 6.07) is 51.7. The molecule has 1 aliphatic rings. The van der Waals surface area contributed by atoms with Crippen LogP contribution >= 0.6 is 11.8 Å². The molecular weight excluding hydrogens is 849 g/mol. The van der Waals surface area contributed by atoms with E-state index in [1.807, 2.05) is 158 Å². The zero-order valence-corrected chi connectivity index (χ0v) is 38.0. The number of alkyl carbamates (subject to hydrolysis) is 1. The highest BCUT2D eigenvalue weighted by molar-refractivity contribution is 8.00. The molecule has 11 nitrogen and oxygen atoms in total. The van der Waals surface area contributed by atoms with Crippen molar-refractivity contribution in [2.24, 2.45) is 5.92 Å². The fraction of sp³-hybridized carbons (Fsp3) is 0.241. The zero-order valence-electron chi connectivity index (χ0n) is 37.1. The summed E-state index contributed by atoms with van der Waals surface area (Å²) in [6.45, 7) is 3.19. The molecule has 4 N–H and O–H groups in total. The summed E-state index contributed by atoms with van der Waals surface area (Å²) < 4.78 is 9.75. The minimum absolute atomic E-state index is 0.0217. The third kappa shape index (κ3) is 11.0. The van der Waals surface area contributed by atoms with Crippen molar-refractivity contribution < 1.29 is 33.4 Å². The maximum absolute atomic E-state index is 14.8. The minimum atomic E-state index is -1.24. The van der Waals surface area contributed by atoms with Crippen LogP contribution in [0.3, 0.4) is 0 Å². The minimum Gasteiger partial charge on any atom is -0.468 e. The van der Waals surface area contributed by atoms with Gasteiger partial charge in [-0.15, -0.1) is 11.8 Å². The van der Waals surface area contributed by atoms with Gasteiger partial charge in [0.2, 0.25) is 17.7 Å². The van der Waals surface area contributed by atoms with E-state index in [1.165, 1.54) is 18.9 Å². The van der Waals surface area contributed by atoms with Crippen LogP contribution in [-0.4, -0.2) is 73.9 Å². The quantitative estimate of drug-likeness (QED) is 0.0476. The van der Waals surface area contributed by atoms with Crippen molar-refractivity contribution >= 4 is 41.5 Å². The maximum Gasteiger partial charge on any atom is 0.407 e. The molecule has 12 heteroatoms. The third-order valence-electron chi connectivity index (χ3n) is 11.8. The van der Waals surface area contributed by atoms with Crippen LogP contribution in [0.2, 0.25) is 0 Å². The van der Waals surface area contributed by atoms with Crippen molar-refractivity contribution in [2.75, 3.05) is 26.0 Å². The summed E-state index contributed by atoms with van der Waals surface area (Å²) in [5, 5.41) is 11.2. The van der Waals surface area contributed by atoms with Gasteiger partial charge in [-0.25, -0.2) is 4.79 Å². The lowest BCUT2D eigenvalue weighted by molar-refractivity contribution is -0.141. The highest BCUT2D eigenvalue weighted by atomic mass is 32.2. The Morgan fingerprint density at radius 2 is 1.05 bits per heavy atom. The lowest BCUT2D eigenvalue weighted by Gasteiger charge is -2.37. The highest BCUT2D eigenvalue weighted by Gasteiger charge is 2.40. The first-order chi connectivity index (χ1) is 32.1. The van der Waals surface area contributed by atoms with Crippen LogP contribution in [-0.2, 0) is 39.8 Å². The SMILES string of the molecule is COC(=O)CNC(=O)C(NC(=O)C(CSC(c1ccccc1)(c1ccccc1)c1ccccc1)NC(=O)C(Cc1ccccc1)NC(=O)OCC1c2ccccc2-c2ccccc21)C(C)C.